The van der Waals surface area contributed by atoms with Gasteiger partial charge >= 0.3 is 0 Å². The van der Waals surface area contributed by atoms with Gasteiger partial charge in [-0.25, -0.2) is 0 Å². The van der Waals surface area contributed by atoms with E-state index in [0.29, 0.717) is 6.04 Å². The second-order valence-electron chi connectivity index (χ2n) is 6.07. The van der Waals surface area contributed by atoms with Crippen LogP contribution in [0.4, 0.5) is 0 Å². The third-order valence-corrected chi connectivity index (χ3v) is 5.77. The number of aryl methyl sites for hydroxylation is 2. The Morgan fingerprint density at radius 2 is 2.00 bits per heavy atom. The summed E-state index contributed by atoms with van der Waals surface area (Å²) in [7, 11) is 2.00. The Kier molecular flexibility index (Phi) is 4.34. The van der Waals surface area contributed by atoms with Gasteiger partial charge < -0.3 is 9.88 Å². The van der Waals surface area contributed by atoms with Gasteiger partial charge in [0.05, 0.1) is 10.2 Å². The van der Waals surface area contributed by atoms with Gasteiger partial charge in [0.25, 0.3) is 5.91 Å². The number of hydrogen-bond donors (Lipinski definition) is 1. The molecule has 0 bridgehead atoms. The molecule has 0 atom stereocenters. The number of aromatic nitrogens is 1. The molecule has 0 radical (unpaired) electrons. The second kappa shape index (κ2) is 6.22. The molecular weight excluding hydrogens is 280 g/mol. The van der Waals surface area contributed by atoms with Gasteiger partial charge in [-0.3, -0.25) is 4.79 Å². The summed E-state index contributed by atoms with van der Waals surface area (Å²) in [6.07, 6.45) is 8.43. The minimum atomic E-state index is 0.0887. The summed E-state index contributed by atoms with van der Waals surface area (Å²) in [4.78, 5) is 13.9. The van der Waals surface area contributed by atoms with E-state index in [2.05, 4.69) is 18.3 Å². The molecule has 3 rings (SSSR count). The van der Waals surface area contributed by atoms with Gasteiger partial charge in [-0.2, -0.15) is 0 Å². The molecular formula is C17H24N2OS. The number of carbonyl (C=O) groups excluding carboxylic acids is 1. The zero-order valence-corrected chi connectivity index (χ0v) is 13.8. The Labute approximate surface area is 130 Å². The molecule has 4 heteroatoms. The molecule has 2 heterocycles. The number of nitrogens with one attached hydrogen (secondary N) is 1. The van der Waals surface area contributed by atoms with E-state index < -0.39 is 0 Å². The number of fused-ring (bicyclic) bond motifs is 1. The average molecular weight is 304 g/mol. The van der Waals surface area contributed by atoms with Crippen LogP contribution in [0.1, 0.15) is 60.8 Å². The Balaban J connectivity index is 1.77. The van der Waals surface area contributed by atoms with E-state index in [0.717, 1.165) is 25.0 Å². The topological polar surface area (TPSA) is 34.0 Å². The maximum atomic E-state index is 12.5. The van der Waals surface area contributed by atoms with E-state index in [-0.39, 0.29) is 5.91 Å². The van der Waals surface area contributed by atoms with Crippen molar-refractivity contribution in [2.45, 2.75) is 57.9 Å². The van der Waals surface area contributed by atoms with E-state index in [9.17, 15) is 4.79 Å². The number of nitrogens with zero attached hydrogens (tertiary/aromatic N) is 1. The lowest BCUT2D eigenvalue weighted by Crippen LogP contribution is -2.35. The molecule has 3 nitrogen and oxygen atoms in total. The highest BCUT2D eigenvalue weighted by Crippen LogP contribution is 2.29. The fourth-order valence-electron chi connectivity index (χ4n) is 3.24. The SMILES string of the molecule is CCc1cc2c(cc(C(=O)NC3CCCCCC3)n2C)s1. The molecule has 2 aromatic rings. The van der Waals surface area contributed by atoms with Crippen molar-refractivity contribution in [3.8, 4) is 0 Å². The van der Waals surface area contributed by atoms with Crippen LogP contribution in [0.25, 0.3) is 10.2 Å². The first-order valence-corrected chi connectivity index (χ1v) is 8.89. The lowest BCUT2D eigenvalue weighted by Gasteiger charge is -2.16. The van der Waals surface area contributed by atoms with Crippen molar-refractivity contribution in [1.82, 2.24) is 9.88 Å². The Morgan fingerprint density at radius 1 is 1.29 bits per heavy atom. The molecule has 1 aliphatic rings. The summed E-state index contributed by atoms with van der Waals surface area (Å²) in [5.41, 5.74) is 1.98. The summed E-state index contributed by atoms with van der Waals surface area (Å²) in [6, 6.07) is 4.62. The molecule has 114 valence electrons. The lowest BCUT2D eigenvalue weighted by molar-refractivity contribution is 0.0925. The first-order valence-electron chi connectivity index (χ1n) is 8.08. The predicted molar refractivity (Wildman–Crippen MR) is 89.1 cm³/mol. The Bertz CT molecular complexity index is 633. The molecule has 21 heavy (non-hydrogen) atoms. The van der Waals surface area contributed by atoms with Gasteiger partial charge in [-0.1, -0.05) is 32.6 Å². The van der Waals surface area contributed by atoms with Crippen LogP contribution >= 0.6 is 11.3 Å². The maximum absolute atomic E-state index is 12.5. The van der Waals surface area contributed by atoms with Crippen LogP contribution in [-0.2, 0) is 13.5 Å². The predicted octanol–water partition coefficient (Wildman–Crippen LogP) is 4.25. The fraction of sp³-hybridized carbons (Fsp3) is 0.588. The summed E-state index contributed by atoms with van der Waals surface area (Å²) in [5, 5.41) is 3.24. The standard InChI is InChI=1S/C17H24N2OS/c1-3-13-10-14-16(21-13)11-15(19(14)2)17(20)18-12-8-6-4-5-7-9-12/h10-12H,3-9H2,1-2H3,(H,18,20). The van der Waals surface area contributed by atoms with Crippen LogP contribution in [0.5, 0.6) is 0 Å². The normalized spacial score (nSPS) is 17.0. The van der Waals surface area contributed by atoms with Crippen LogP contribution < -0.4 is 5.32 Å². The summed E-state index contributed by atoms with van der Waals surface area (Å²) < 4.78 is 3.26. The van der Waals surface area contributed by atoms with Crippen molar-refractivity contribution in [2.75, 3.05) is 0 Å². The highest BCUT2D eigenvalue weighted by Gasteiger charge is 2.19. The van der Waals surface area contributed by atoms with Crippen LogP contribution in [0.2, 0.25) is 0 Å². The molecule has 0 aromatic carbocycles. The van der Waals surface area contributed by atoms with Crippen molar-refractivity contribution in [3.05, 3.63) is 22.7 Å². The molecule has 2 aromatic heterocycles. The van der Waals surface area contributed by atoms with Crippen LogP contribution in [0.3, 0.4) is 0 Å². The van der Waals surface area contributed by atoms with E-state index in [1.54, 1.807) is 11.3 Å². The van der Waals surface area contributed by atoms with Crippen molar-refractivity contribution in [2.24, 2.45) is 7.05 Å². The number of carbonyl (C=O) groups is 1. The fourth-order valence-corrected chi connectivity index (χ4v) is 4.31. The molecule has 1 amide bonds. The average Bonchev–Trinajstić information content (AvgIpc) is 2.90. The van der Waals surface area contributed by atoms with Crippen molar-refractivity contribution in [3.63, 3.8) is 0 Å². The van der Waals surface area contributed by atoms with E-state index >= 15 is 0 Å². The molecule has 1 saturated carbocycles. The zero-order valence-electron chi connectivity index (χ0n) is 12.9. The number of thiophene rings is 1. The van der Waals surface area contributed by atoms with Gasteiger partial charge in [0, 0.05) is 18.0 Å². The van der Waals surface area contributed by atoms with Gasteiger partial charge in [-0.15, -0.1) is 11.3 Å². The second-order valence-corrected chi connectivity index (χ2v) is 7.23. The summed E-state index contributed by atoms with van der Waals surface area (Å²) >= 11 is 1.80. The van der Waals surface area contributed by atoms with Gasteiger partial charge in [0.1, 0.15) is 5.69 Å². The highest BCUT2D eigenvalue weighted by molar-refractivity contribution is 7.19. The van der Waals surface area contributed by atoms with Crippen molar-refractivity contribution in [1.29, 1.82) is 0 Å². The molecule has 1 fully saturated rings. The Morgan fingerprint density at radius 3 is 2.62 bits per heavy atom. The van der Waals surface area contributed by atoms with E-state index in [1.165, 1.54) is 40.8 Å². The molecule has 1 N–H and O–H groups in total. The molecule has 0 saturated heterocycles. The largest absolute Gasteiger partial charge is 0.348 e. The minimum absolute atomic E-state index is 0.0887. The third kappa shape index (κ3) is 3.00. The zero-order chi connectivity index (χ0) is 14.8. The van der Waals surface area contributed by atoms with Crippen molar-refractivity contribution >= 4 is 27.5 Å². The summed E-state index contributed by atoms with van der Waals surface area (Å²) in [6.45, 7) is 2.17. The molecule has 1 aliphatic carbocycles. The highest BCUT2D eigenvalue weighted by atomic mass is 32.1. The maximum Gasteiger partial charge on any atom is 0.268 e. The van der Waals surface area contributed by atoms with Gasteiger partial charge in [-0.05, 0) is 31.4 Å². The third-order valence-electron chi connectivity index (χ3n) is 4.55. The number of hydrogen-bond acceptors (Lipinski definition) is 2. The van der Waals surface area contributed by atoms with Gasteiger partial charge in [0.2, 0.25) is 0 Å². The Hall–Kier alpha value is -1.29. The molecule has 0 aliphatic heterocycles. The van der Waals surface area contributed by atoms with Crippen LogP contribution in [-0.4, -0.2) is 16.5 Å². The molecule has 0 spiro atoms. The van der Waals surface area contributed by atoms with Gasteiger partial charge in [0.15, 0.2) is 0 Å². The number of rotatable bonds is 3. The van der Waals surface area contributed by atoms with Crippen molar-refractivity contribution < 1.29 is 4.79 Å². The molecule has 0 unspecified atom stereocenters. The quantitative estimate of drug-likeness (QED) is 0.845. The van der Waals surface area contributed by atoms with Crippen LogP contribution in [0.15, 0.2) is 12.1 Å². The summed E-state index contributed by atoms with van der Waals surface area (Å²) in [5.74, 6) is 0.0887. The first-order chi connectivity index (χ1) is 10.2. The lowest BCUT2D eigenvalue weighted by atomic mass is 10.1. The minimum Gasteiger partial charge on any atom is -0.348 e. The number of amides is 1. The first kappa shape index (κ1) is 14.6. The van der Waals surface area contributed by atoms with E-state index in [1.807, 2.05) is 17.7 Å². The van der Waals surface area contributed by atoms with Crippen LogP contribution in [0, 0.1) is 0 Å². The monoisotopic (exact) mass is 304 g/mol. The van der Waals surface area contributed by atoms with E-state index in [4.69, 9.17) is 0 Å². The smallest absolute Gasteiger partial charge is 0.268 e.